The zero-order valence-electron chi connectivity index (χ0n) is 6.77. The average Bonchev–Trinajstić information content (AvgIpc) is 2.12. The first kappa shape index (κ1) is 7.53. The molecule has 2 aliphatic heterocycles. The maximum absolute atomic E-state index is 9.53. The van der Waals surface area contributed by atoms with E-state index >= 15 is 0 Å². The van der Waals surface area contributed by atoms with Gasteiger partial charge in [-0.3, -0.25) is 4.90 Å². The van der Waals surface area contributed by atoms with Crippen molar-refractivity contribution in [1.82, 2.24) is 4.90 Å². The third-order valence-electron chi connectivity index (χ3n) is 3.18. The predicted molar refractivity (Wildman–Crippen MR) is 41.2 cm³/mol. The quantitative estimate of drug-likeness (QED) is 0.501. The van der Waals surface area contributed by atoms with Crippen molar-refractivity contribution in [2.45, 2.75) is 43.6 Å². The van der Waals surface area contributed by atoms with Crippen LogP contribution in [0.1, 0.15) is 19.3 Å². The highest BCUT2D eigenvalue weighted by Gasteiger charge is 2.44. The van der Waals surface area contributed by atoms with Crippen LogP contribution in [0.4, 0.5) is 0 Å². The van der Waals surface area contributed by atoms with E-state index in [-0.39, 0.29) is 18.2 Å². The lowest BCUT2D eigenvalue weighted by molar-refractivity contribution is 0.0212. The maximum Gasteiger partial charge on any atom is 0.0711 e. The van der Waals surface area contributed by atoms with Gasteiger partial charge >= 0.3 is 0 Å². The molecule has 0 unspecified atom stereocenters. The molecule has 0 spiro atoms. The van der Waals surface area contributed by atoms with Crippen molar-refractivity contribution in [1.29, 1.82) is 0 Å². The summed E-state index contributed by atoms with van der Waals surface area (Å²) < 4.78 is 0. The third-order valence-corrected chi connectivity index (χ3v) is 3.18. The number of aliphatic hydroxyl groups excluding tert-OH is 2. The fourth-order valence-corrected chi connectivity index (χ4v) is 2.45. The second kappa shape index (κ2) is 2.44. The molecule has 0 aromatic heterocycles. The van der Waals surface area contributed by atoms with Crippen LogP contribution in [0.2, 0.25) is 0 Å². The van der Waals surface area contributed by atoms with Gasteiger partial charge < -0.3 is 10.2 Å². The monoisotopic (exact) mass is 157 g/mol. The molecule has 2 heterocycles. The molecule has 2 saturated heterocycles. The third kappa shape index (κ3) is 0.991. The van der Waals surface area contributed by atoms with E-state index in [9.17, 15) is 10.2 Å². The van der Waals surface area contributed by atoms with Gasteiger partial charge in [0.05, 0.1) is 12.2 Å². The van der Waals surface area contributed by atoms with Crippen molar-refractivity contribution in [3.05, 3.63) is 0 Å². The van der Waals surface area contributed by atoms with Crippen LogP contribution in [0, 0.1) is 0 Å². The second-order valence-electron chi connectivity index (χ2n) is 3.75. The fourth-order valence-electron chi connectivity index (χ4n) is 2.45. The molecular formula is C8H15NO2. The minimum Gasteiger partial charge on any atom is -0.391 e. The molecule has 0 amide bonds. The molecule has 3 nitrogen and oxygen atoms in total. The van der Waals surface area contributed by atoms with Gasteiger partial charge in [-0.15, -0.1) is 0 Å². The normalized spacial score (nSPS) is 51.5. The van der Waals surface area contributed by atoms with E-state index in [2.05, 4.69) is 4.90 Å². The van der Waals surface area contributed by atoms with Crippen LogP contribution in [0.25, 0.3) is 0 Å². The van der Waals surface area contributed by atoms with Crippen molar-refractivity contribution in [3.8, 4) is 0 Å². The summed E-state index contributed by atoms with van der Waals surface area (Å²) in [4.78, 5) is 2.12. The Bertz CT molecular complexity index is 162. The number of piperidine rings is 1. The van der Waals surface area contributed by atoms with Gasteiger partial charge in [-0.2, -0.15) is 0 Å². The van der Waals surface area contributed by atoms with Crippen LogP contribution in [-0.4, -0.2) is 46.5 Å². The molecule has 3 heteroatoms. The van der Waals surface area contributed by atoms with E-state index < -0.39 is 0 Å². The van der Waals surface area contributed by atoms with Crippen LogP contribution >= 0.6 is 0 Å². The summed E-state index contributed by atoms with van der Waals surface area (Å²) >= 11 is 0. The van der Waals surface area contributed by atoms with Crippen LogP contribution in [0.3, 0.4) is 0 Å². The van der Waals surface area contributed by atoms with Crippen LogP contribution in [0.5, 0.6) is 0 Å². The minimum atomic E-state index is -0.214. The van der Waals surface area contributed by atoms with Gasteiger partial charge in [-0.05, 0) is 26.3 Å². The first-order chi connectivity index (χ1) is 5.20. The van der Waals surface area contributed by atoms with E-state index in [0.717, 1.165) is 19.3 Å². The Labute approximate surface area is 66.6 Å². The molecule has 0 aromatic carbocycles. The molecular weight excluding hydrogens is 142 g/mol. The molecule has 64 valence electrons. The van der Waals surface area contributed by atoms with Crippen molar-refractivity contribution >= 4 is 0 Å². The van der Waals surface area contributed by atoms with E-state index in [1.807, 2.05) is 7.05 Å². The number of fused-ring (bicyclic) bond motifs is 2. The van der Waals surface area contributed by atoms with Crippen molar-refractivity contribution in [3.63, 3.8) is 0 Å². The largest absolute Gasteiger partial charge is 0.391 e. The van der Waals surface area contributed by atoms with E-state index in [4.69, 9.17) is 0 Å². The van der Waals surface area contributed by atoms with Crippen molar-refractivity contribution < 1.29 is 10.2 Å². The lowest BCUT2D eigenvalue weighted by atomic mass is 10.0. The van der Waals surface area contributed by atoms with Gasteiger partial charge in [-0.1, -0.05) is 0 Å². The predicted octanol–water partition coefficient (Wildman–Crippen LogP) is -0.425. The van der Waals surface area contributed by atoms with Crippen LogP contribution < -0.4 is 0 Å². The molecule has 2 fully saturated rings. The molecule has 2 bridgehead atoms. The van der Waals surface area contributed by atoms with Gasteiger partial charge in [0.2, 0.25) is 0 Å². The summed E-state index contributed by atoms with van der Waals surface area (Å²) in [6.07, 6.45) is 2.13. The summed E-state index contributed by atoms with van der Waals surface area (Å²) in [5, 5.41) is 19.1. The lowest BCUT2D eigenvalue weighted by Gasteiger charge is -2.34. The van der Waals surface area contributed by atoms with E-state index in [1.54, 1.807) is 0 Å². The number of likely N-dealkylation sites (N-methyl/N-ethyl adjacent to an activating group) is 1. The highest BCUT2D eigenvalue weighted by molar-refractivity contribution is 4.99. The molecule has 11 heavy (non-hydrogen) atoms. The molecule has 2 N–H and O–H groups in total. The lowest BCUT2D eigenvalue weighted by Crippen LogP contribution is -2.45. The van der Waals surface area contributed by atoms with E-state index in [0.29, 0.717) is 6.04 Å². The molecule has 4 atom stereocenters. The Balaban J connectivity index is 2.17. The Morgan fingerprint density at radius 3 is 2.45 bits per heavy atom. The number of nitrogens with zero attached hydrogens (tertiary/aromatic N) is 1. The van der Waals surface area contributed by atoms with Crippen molar-refractivity contribution in [2.24, 2.45) is 0 Å². The fraction of sp³-hybridized carbons (Fsp3) is 1.00. The number of hydrogen-bond donors (Lipinski definition) is 2. The summed E-state index contributed by atoms with van der Waals surface area (Å²) in [7, 11) is 1.99. The highest BCUT2D eigenvalue weighted by Crippen LogP contribution is 2.34. The minimum absolute atomic E-state index is 0.206. The summed E-state index contributed by atoms with van der Waals surface area (Å²) in [6.45, 7) is 0. The average molecular weight is 157 g/mol. The maximum atomic E-state index is 9.53. The molecule has 0 aliphatic carbocycles. The van der Waals surface area contributed by atoms with Gasteiger partial charge in [0.1, 0.15) is 0 Å². The SMILES string of the molecule is CN1[C@@H]2CC[C@H](O)[C@H]1C[C@H]2O. The summed E-state index contributed by atoms with van der Waals surface area (Å²) in [6, 6.07) is 0.521. The number of hydrogen-bond acceptors (Lipinski definition) is 3. The van der Waals surface area contributed by atoms with Gasteiger partial charge in [0.25, 0.3) is 0 Å². The summed E-state index contributed by atoms with van der Waals surface area (Å²) in [5.74, 6) is 0. The molecule has 0 saturated carbocycles. The van der Waals surface area contributed by atoms with E-state index in [1.165, 1.54) is 0 Å². The first-order valence-electron chi connectivity index (χ1n) is 4.28. The van der Waals surface area contributed by atoms with Crippen LogP contribution in [-0.2, 0) is 0 Å². The van der Waals surface area contributed by atoms with Crippen molar-refractivity contribution in [2.75, 3.05) is 7.05 Å². The second-order valence-corrected chi connectivity index (χ2v) is 3.75. The first-order valence-corrected chi connectivity index (χ1v) is 4.28. The standard InChI is InChI=1S/C8H15NO2/c1-9-5-2-3-7(10)6(9)4-8(5)11/h5-8,10-11H,2-4H2,1H3/t5-,6-,7+,8-/m1/s1. The molecule has 2 rings (SSSR count). The highest BCUT2D eigenvalue weighted by atomic mass is 16.3. The Kier molecular flexibility index (Phi) is 1.67. The van der Waals surface area contributed by atoms with Crippen LogP contribution in [0.15, 0.2) is 0 Å². The molecule has 0 aromatic rings. The number of aliphatic hydroxyl groups is 2. The zero-order valence-corrected chi connectivity index (χ0v) is 6.77. The smallest absolute Gasteiger partial charge is 0.0711 e. The van der Waals surface area contributed by atoms with Gasteiger partial charge in [0, 0.05) is 12.1 Å². The summed E-state index contributed by atoms with van der Waals surface area (Å²) in [5.41, 5.74) is 0. The van der Waals surface area contributed by atoms with Gasteiger partial charge in [0.15, 0.2) is 0 Å². The topological polar surface area (TPSA) is 43.7 Å². The Morgan fingerprint density at radius 1 is 1.09 bits per heavy atom. The van der Waals surface area contributed by atoms with Gasteiger partial charge in [-0.25, -0.2) is 0 Å². The Hall–Kier alpha value is -0.120. The zero-order chi connectivity index (χ0) is 8.01. The number of rotatable bonds is 0. The molecule has 0 radical (unpaired) electrons. The Morgan fingerprint density at radius 2 is 1.82 bits per heavy atom. The molecule has 2 aliphatic rings.